The predicted octanol–water partition coefficient (Wildman–Crippen LogP) is 4.23. The van der Waals surface area contributed by atoms with Gasteiger partial charge in [-0.15, -0.1) is 0 Å². The third kappa shape index (κ3) is 3.75. The molecular formula is C22H24N2O2. The Kier molecular flexibility index (Phi) is 5.97. The number of nitrogens with zero attached hydrogens (tertiary/aromatic N) is 1. The molecule has 1 N–H and O–H groups in total. The third-order valence-corrected chi connectivity index (χ3v) is 4.43. The topological polar surface area (TPSA) is 51.2 Å². The first-order valence-corrected chi connectivity index (χ1v) is 9.00. The van der Waals surface area contributed by atoms with Gasteiger partial charge in [0.2, 0.25) is 0 Å². The van der Waals surface area contributed by atoms with E-state index in [0.717, 1.165) is 46.1 Å². The van der Waals surface area contributed by atoms with Crippen molar-refractivity contribution in [2.24, 2.45) is 0 Å². The van der Waals surface area contributed by atoms with Crippen LogP contribution in [0.15, 0.2) is 54.6 Å². The molecule has 4 heteroatoms. The third-order valence-electron chi connectivity index (χ3n) is 4.43. The predicted molar refractivity (Wildman–Crippen MR) is 105 cm³/mol. The van der Waals surface area contributed by atoms with Crippen molar-refractivity contribution >= 4 is 16.8 Å². The van der Waals surface area contributed by atoms with Gasteiger partial charge in [-0.25, -0.2) is 4.98 Å². The molecule has 0 unspecified atom stereocenters. The summed E-state index contributed by atoms with van der Waals surface area (Å²) in [6.45, 7) is 3.29. The molecule has 0 saturated carbocycles. The molecule has 4 nitrogen and oxygen atoms in total. The number of ether oxygens (including phenoxy) is 1. The Morgan fingerprint density at radius 3 is 2.54 bits per heavy atom. The van der Waals surface area contributed by atoms with Crippen molar-refractivity contribution in [2.75, 3.05) is 20.3 Å². The van der Waals surface area contributed by atoms with Gasteiger partial charge in [-0.3, -0.25) is 4.79 Å². The van der Waals surface area contributed by atoms with E-state index in [-0.39, 0.29) is 5.91 Å². The molecule has 0 bridgehead atoms. The molecule has 0 fully saturated rings. The molecule has 1 aromatic heterocycles. The molecule has 0 spiro atoms. The maximum Gasteiger partial charge on any atom is 0.252 e. The van der Waals surface area contributed by atoms with E-state index in [4.69, 9.17) is 9.72 Å². The molecule has 1 heterocycles. The van der Waals surface area contributed by atoms with Crippen LogP contribution in [0.4, 0.5) is 0 Å². The van der Waals surface area contributed by atoms with Crippen LogP contribution >= 0.6 is 0 Å². The minimum atomic E-state index is -0.0475. The summed E-state index contributed by atoms with van der Waals surface area (Å²) in [7, 11) is 1.67. The first-order valence-electron chi connectivity index (χ1n) is 9.00. The number of hydrogen-bond donors (Lipinski definition) is 1. The van der Waals surface area contributed by atoms with Gasteiger partial charge in [-0.05, 0) is 24.5 Å². The Hall–Kier alpha value is -2.72. The molecule has 0 aliphatic carbocycles. The quantitative estimate of drug-likeness (QED) is 0.650. The summed E-state index contributed by atoms with van der Waals surface area (Å²) in [6.07, 6.45) is 1.53. The zero-order chi connectivity index (χ0) is 18.4. The number of pyridine rings is 1. The molecule has 0 radical (unpaired) electrons. The fourth-order valence-electron chi connectivity index (χ4n) is 3.20. The number of para-hydroxylation sites is 1. The second kappa shape index (κ2) is 8.59. The van der Waals surface area contributed by atoms with Crippen molar-refractivity contribution in [3.05, 3.63) is 65.7 Å². The summed E-state index contributed by atoms with van der Waals surface area (Å²) < 4.78 is 5.06. The van der Waals surface area contributed by atoms with E-state index in [1.54, 1.807) is 7.11 Å². The summed E-state index contributed by atoms with van der Waals surface area (Å²) in [5.74, 6) is -0.0475. The number of nitrogens with one attached hydrogen (secondary N) is 1. The summed E-state index contributed by atoms with van der Waals surface area (Å²) >= 11 is 0. The van der Waals surface area contributed by atoms with Crippen LogP contribution in [0.1, 0.15) is 29.3 Å². The Morgan fingerprint density at radius 2 is 1.81 bits per heavy atom. The molecule has 0 saturated heterocycles. The maximum absolute atomic E-state index is 13.0. The van der Waals surface area contributed by atoms with Crippen molar-refractivity contribution in [3.63, 3.8) is 0 Å². The van der Waals surface area contributed by atoms with Crippen LogP contribution in [0, 0.1) is 0 Å². The first kappa shape index (κ1) is 18.1. The average molecular weight is 348 g/mol. The van der Waals surface area contributed by atoms with Crippen LogP contribution in [0.5, 0.6) is 0 Å². The Morgan fingerprint density at radius 1 is 1.08 bits per heavy atom. The van der Waals surface area contributed by atoms with Gasteiger partial charge in [-0.2, -0.15) is 0 Å². The highest BCUT2D eigenvalue weighted by molar-refractivity contribution is 6.09. The highest BCUT2D eigenvalue weighted by Gasteiger charge is 2.20. The van der Waals surface area contributed by atoms with Crippen LogP contribution in [0.3, 0.4) is 0 Å². The van der Waals surface area contributed by atoms with Crippen molar-refractivity contribution in [1.82, 2.24) is 10.3 Å². The number of carbonyl (C=O) groups is 1. The monoisotopic (exact) mass is 348 g/mol. The summed E-state index contributed by atoms with van der Waals surface area (Å²) in [6, 6.07) is 17.9. The summed E-state index contributed by atoms with van der Waals surface area (Å²) in [5.41, 5.74) is 4.47. The smallest absolute Gasteiger partial charge is 0.252 e. The molecule has 3 aromatic rings. The normalized spacial score (nSPS) is 10.8. The largest absolute Gasteiger partial charge is 0.385 e. The lowest BCUT2D eigenvalue weighted by Gasteiger charge is -2.16. The molecule has 134 valence electrons. The Labute approximate surface area is 154 Å². The van der Waals surface area contributed by atoms with Gasteiger partial charge >= 0.3 is 0 Å². The van der Waals surface area contributed by atoms with Crippen LogP contribution in [0.25, 0.3) is 22.2 Å². The number of amides is 1. The molecule has 0 atom stereocenters. The fourth-order valence-corrected chi connectivity index (χ4v) is 3.20. The van der Waals surface area contributed by atoms with Crippen molar-refractivity contribution < 1.29 is 9.53 Å². The fraction of sp³-hybridized carbons (Fsp3) is 0.273. The van der Waals surface area contributed by atoms with Gasteiger partial charge < -0.3 is 10.1 Å². The lowest BCUT2D eigenvalue weighted by molar-refractivity contribution is 0.0949. The lowest BCUT2D eigenvalue weighted by atomic mass is 9.94. The molecule has 2 aromatic carbocycles. The highest BCUT2D eigenvalue weighted by atomic mass is 16.5. The van der Waals surface area contributed by atoms with Crippen molar-refractivity contribution in [2.45, 2.75) is 19.8 Å². The van der Waals surface area contributed by atoms with E-state index < -0.39 is 0 Å². The van der Waals surface area contributed by atoms with E-state index in [0.29, 0.717) is 13.2 Å². The first-order chi connectivity index (χ1) is 12.8. The minimum absolute atomic E-state index is 0.0475. The van der Waals surface area contributed by atoms with E-state index >= 15 is 0 Å². The molecule has 0 aliphatic rings. The second-order valence-electron chi connectivity index (χ2n) is 6.15. The number of hydrogen-bond acceptors (Lipinski definition) is 3. The number of rotatable bonds is 7. The van der Waals surface area contributed by atoms with Gasteiger partial charge in [0.1, 0.15) is 0 Å². The molecular weight excluding hydrogens is 324 g/mol. The van der Waals surface area contributed by atoms with Gasteiger partial charge in [0.05, 0.1) is 16.8 Å². The zero-order valence-corrected chi connectivity index (χ0v) is 15.3. The minimum Gasteiger partial charge on any atom is -0.385 e. The van der Waals surface area contributed by atoms with Crippen LogP contribution < -0.4 is 5.32 Å². The number of methoxy groups -OCH3 is 1. The standard InChI is InChI=1S/C22H24N2O2/c1-3-17-20(22(25)23-14-9-15-26-2)18-12-7-8-13-19(18)24-21(17)16-10-5-4-6-11-16/h4-8,10-13H,3,9,14-15H2,1-2H3,(H,23,25). The van der Waals surface area contributed by atoms with Gasteiger partial charge in [0, 0.05) is 31.2 Å². The van der Waals surface area contributed by atoms with Crippen LogP contribution in [-0.4, -0.2) is 31.2 Å². The van der Waals surface area contributed by atoms with Gasteiger partial charge in [0.25, 0.3) is 5.91 Å². The number of carbonyl (C=O) groups excluding carboxylic acids is 1. The van der Waals surface area contributed by atoms with E-state index in [1.165, 1.54) is 0 Å². The maximum atomic E-state index is 13.0. The van der Waals surface area contributed by atoms with Crippen molar-refractivity contribution in [1.29, 1.82) is 0 Å². The molecule has 3 rings (SSSR count). The molecule has 1 amide bonds. The van der Waals surface area contributed by atoms with Gasteiger partial charge in [-0.1, -0.05) is 55.5 Å². The van der Waals surface area contributed by atoms with Crippen molar-refractivity contribution in [3.8, 4) is 11.3 Å². The summed E-state index contributed by atoms with van der Waals surface area (Å²) in [4.78, 5) is 17.9. The number of benzene rings is 2. The van der Waals surface area contributed by atoms with E-state index in [2.05, 4.69) is 12.2 Å². The molecule has 26 heavy (non-hydrogen) atoms. The van der Waals surface area contributed by atoms with E-state index in [9.17, 15) is 4.79 Å². The van der Waals surface area contributed by atoms with Crippen LogP contribution in [-0.2, 0) is 11.2 Å². The highest BCUT2D eigenvalue weighted by Crippen LogP contribution is 2.30. The zero-order valence-electron chi connectivity index (χ0n) is 15.3. The SMILES string of the molecule is CCc1c(-c2ccccc2)nc2ccccc2c1C(=O)NCCCOC. The number of fused-ring (bicyclic) bond motifs is 1. The average Bonchev–Trinajstić information content (AvgIpc) is 2.70. The van der Waals surface area contributed by atoms with Gasteiger partial charge in [0.15, 0.2) is 0 Å². The Bertz CT molecular complexity index is 891. The molecule has 0 aliphatic heterocycles. The van der Waals surface area contributed by atoms with Crippen LogP contribution in [0.2, 0.25) is 0 Å². The second-order valence-corrected chi connectivity index (χ2v) is 6.15. The lowest BCUT2D eigenvalue weighted by Crippen LogP contribution is -2.27. The van der Waals surface area contributed by atoms with E-state index in [1.807, 2.05) is 54.6 Å². The summed E-state index contributed by atoms with van der Waals surface area (Å²) in [5, 5.41) is 3.93. The number of aromatic nitrogens is 1. The Balaban J connectivity index is 2.11.